The zero-order valence-electron chi connectivity index (χ0n) is 18.3. The van der Waals surface area contributed by atoms with E-state index in [1.165, 1.54) is 0 Å². The van der Waals surface area contributed by atoms with Crippen LogP contribution in [0.15, 0.2) is 60.7 Å². The number of benzene rings is 2. The van der Waals surface area contributed by atoms with E-state index >= 15 is 0 Å². The maximum atomic E-state index is 12.6. The molecular formula is C25H25ClN4O2. The van der Waals surface area contributed by atoms with Crippen LogP contribution in [0.3, 0.4) is 0 Å². The number of amides is 1. The summed E-state index contributed by atoms with van der Waals surface area (Å²) in [5.41, 5.74) is 4.74. The lowest BCUT2D eigenvalue weighted by atomic mass is 10.0. The molecule has 0 aliphatic heterocycles. The minimum Gasteiger partial charge on any atom is -0.464 e. The summed E-state index contributed by atoms with van der Waals surface area (Å²) < 4.78 is 7.68. The van der Waals surface area contributed by atoms with Crippen LogP contribution in [-0.2, 0) is 18.3 Å². The number of hydrogen-bond acceptors (Lipinski definition) is 4. The number of rotatable bonds is 7. The molecule has 2 aromatic carbocycles. The number of aryl methyl sites for hydroxylation is 2. The van der Waals surface area contributed by atoms with Crippen LogP contribution in [0.25, 0.3) is 22.2 Å². The highest BCUT2D eigenvalue weighted by Gasteiger charge is 2.19. The fourth-order valence-electron chi connectivity index (χ4n) is 3.69. The highest BCUT2D eigenvalue weighted by Crippen LogP contribution is 2.33. The molecule has 4 rings (SSSR count). The number of fused-ring (bicyclic) bond motifs is 1. The van der Waals surface area contributed by atoms with Crippen LogP contribution >= 0.6 is 11.6 Å². The maximum Gasteiger partial charge on any atom is 0.260 e. The van der Waals surface area contributed by atoms with Crippen LogP contribution in [0.1, 0.15) is 18.2 Å². The van der Waals surface area contributed by atoms with Crippen LogP contribution < -0.4 is 10.1 Å². The van der Waals surface area contributed by atoms with Crippen molar-refractivity contribution in [3.05, 3.63) is 76.9 Å². The molecule has 0 spiro atoms. The van der Waals surface area contributed by atoms with E-state index in [1.54, 1.807) is 11.6 Å². The minimum atomic E-state index is -0.692. The Morgan fingerprint density at radius 3 is 2.59 bits per heavy atom. The second kappa shape index (κ2) is 9.40. The van der Waals surface area contributed by atoms with Gasteiger partial charge in [0.25, 0.3) is 5.91 Å². The fraction of sp³-hybridized carbons (Fsp3) is 0.240. The van der Waals surface area contributed by atoms with Gasteiger partial charge in [-0.3, -0.25) is 9.48 Å². The van der Waals surface area contributed by atoms with Crippen molar-refractivity contribution in [2.75, 3.05) is 6.54 Å². The Morgan fingerprint density at radius 2 is 1.88 bits per heavy atom. The van der Waals surface area contributed by atoms with E-state index in [1.807, 2.05) is 74.6 Å². The molecule has 1 atom stereocenters. The summed E-state index contributed by atoms with van der Waals surface area (Å²) in [6.07, 6.45) is 0.0230. The van der Waals surface area contributed by atoms with Gasteiger partial charge in [-0.2, -0.15) is 10.1 Å². The maximum absolute atomic E-state index is 12.6. The molecule has 6 nitrogen and oxygen atoms in total. The lowest BCUT2D eigenvalue weighted by molar-refractivity contribution is -0.127. The molecule has 0 bridgehead atoms. The van der Waals surface area contributed by atoms with E-state index < -0.39 is 6.10 Å². The van der Waals surface area contributed by atoms with Crippen LogP contribution in [0.5, 0.6) is 5.88 Å². The zero-order valence-corrected chi connectivity index (χ0v) is 19.1. The number of nitrogens with zero attached hydrogens (tertiary/aromatic N) is 3. The second-order valence-corrected chi connectivity index (χ2v) is 8.15. The van der Waals surface area contributed by atoms with Crippen LogP contribution in [0, 0.1) is 6.92 Å². The zero-order chi connectivity index (χ0) is 22.7. The Bertz CT molecular complexity index is 1240. The van der Waals surface area contributed by atoms with Gasteiger partial charge in [0, 0.05) is 24.7 Å². The number of carbonyl (C=O) groups is 1. The van der Waals surface area contributed by atoms with Crippen molar-refractivity contribution in [1.82, 2.24) is 20.1 Å². The number of carbonyl (C=O) groups excluding carboxylic acids is 1. The summed E-state index contributed by atoms with van der Waals surface area (Å²) in [7, 11) is 1.85. The van der Waals surface area contributed by atoms with Crippen molar-refractivity contribution in [3.63, 3.8) is 0 Å². The molecular weight excluding hydrogens is 424 g/mol. The highest BCUT2D eigenvalue weighted by molar-refractivity contribution is 6.30. The predicted molar refractivity (Wildman–Crippen MR) is 127 cm³/mol. The summed E-state index contributed by atoms with van der Waals surface area (Å²) in [5.74, 6) is 0.197. The highest BCUT2D eigenvalue weighted by atomic mass is 35.5. The molecule has 1 amide bonds. The second-order valence-electron chi connectivity index (χ2n) is 7.71. The smallest absolute Gasteiger partial charge is 0.260 e. The number of aromatic nitrogens is 3. The standard InChI is InChI=1S/C25H25ClN4O2/c1-16-23-21(19-7-5-4-6-8-19)15-22(28-24(23)30(3)29-16)32-17(2)25(31)27-14-13-18-9-11-20(26)12-10-18/h4-12,15,17H,13-14H2,1-3H3,(H,27,31)/t17-/m0/s1. The first-order chi connectivity index (χ1) is 15.4. The molecule has 0 aliphatic rings. The van der Waals surface area contributed by atoms with Crippen molar-refractivity contribution < 1.29 is 9.53 Å². The largest absolute Gasteiger partial charge is 0.464 e. The van der Waals surface area contributed by atoms with Crippen molar-refractivity contribution in [2.24, 2.45) is 7.05 Å². The van der Waals surface area contributed by atoms with Gasteiger partial charge in [0.1, 0.15) is 0 Å². The van der Waals surface area contributed by atoms with E-state index in [9.17, 15) is 4.79 Å². The van der Waals surface area contributed by atoms with Crippen LogP contribution in [0.4, 0.5) is 0 Å². The number of nitrogens with one attached hydrogen (secondary N) is 1. The average molecular weight is 449 g/mol. The molecule has 32 heavy (non-hydrogen) atoms. The molecule has 0 fully saturated rings. The fourth-order valence-corrected chi connectivity index (χ4v) is 3.81. The van der Waals surface area contributed by atoms with Crippen molar-refractivity contribution >= 4 is 28.5 Å². The SMILES string of the molecule is Cc1nn(C)c2nc(O[C@@H](C)C(=O)NCCc3ccc(Cl)cc3)cc(-c3ccccc3)c12. The molecule has 0 saturated carbocycles. The summed E-state index contributed by atoms with van der Waals surface area (Å²) in [4.78, 5) is 17.2. The van der Waals surface area contributed by atoms with Gasteiger partial charge in [0.2, 0.25) is 5.88 Å². The van der Waals surface area contributed by atoms with Gasteiger partial charge in [-0.1, -0.05) is 54.1 Å². The van der Waals surface area contributed by atoms with Gasteiger partial charge >= 0.3 is 0 Å². The number of hydrogen-bond donors (Lipinski definition) is 1. The molecule has 0 aliphatic carbocycles. The molecule has 1 N–H and O–H groups in total. The minimum absolute atomic E-state index is 0.191. The van der Waals surface area contributed by atoms with Crippen LogP contribution in [0.2, 0.25) is 5.02 Å². The monoisotopic (exact) mass is 448 g/mol. The van der Waals surface area contributed by atoms with Gasteiger partial charge in [0.15, 0.2) is 11.8 Å². The first kappa shape index (κ1) is 21.8. The molecule has 0 unspecified atom stereocenters. The van der Waals surface area contributed by atoms with Gasteiger partial charge in [0.05, 0.1) is 11.1 Å². The number of halogens is 1. The molecule has 4 aromatic rings. The molecule has 2 heterocycles. The lowest BCUT2D eigenvalue weighted by Gasteiger charge is -2.15. The van der Waals surface area contributed by atoms with Crippen molar-refractivity contribution in [3.8, 4) is 17.0 Å². The topological polar surface area (TPSA) is 69.0 Å². The Labute approximate surface area is 192 Å². The number of ether oxygens (including phenoxy) is 1. The molecule has 2 aromatic heterocycles. The first-order valence-corrected chi connectivity index (χ1v) is 10.9. The molecule has 164 valence electrons. The Morgan fingerprint density at radius 1 is 1.16 bits per heavy atom. The Kier molecular flexibility index (Phi) is 6.42. The third-order valence-electron chi connectivity index (χ3n) is 5.32. The van der Waals surface area contributed by atoms with Crippen molar-refractivity contribution in [1.29, 1.82) is 0 Å². The molecule has 0 radical (unpaired) electrons. The third-order valence-corrected chi connectivity index (χ3v) is 5.57. The van der Waals surface area contributed by atoms with E-state index in [0.717, 1.165) is 27.8 Å². The quantitative estimate of drug-likeness (QED) is 0.444. The number of pyridine rings is 1. The Balaban J connectivity index is 1.50. The van der Waals surface area contributed by atoms with Gasteiger partial charge < -0.3 is 10.1 Å². The molecule has 7 heteroatoms. The van der Waals surface area contributed by atoms with Crippen LogP contribution in [-0.4, -0.2) is 33.3 Å². The van der Waals surface area contributed by atoms with Gasteiger partial charge in [-0.25, -0.2) is 0 Å². The normalized spacial score (nSPS) is 12.0. The lowest BCUT2D eigenvalue weighted by Crippen LogP contribution is -2.37. The molecule has 0 saturated heterocycles. The van der Waals surface area contributed by atoms with E-state index in [-0.39, 0.29) is 5.91 Å². The summed E-state index contributed by atoms with van der Waals surface area (Å²) in [6.45, 7) is 4.20. The van der Waals surface area contributed by atoms with E-state index in [0.29, 0.717) is 29.5 Å². The van der Waals surface area contributed by atoms with Gasteiger partial charge in [-0.05, 0) is 49.1 Å². The average Bonchev–Trinajstić information content (AvgIpc) is 3.08. The first-order valence-electron chi connectivity index (χ1n) is 10.5. The summed E-state index contributed by atoms with van der Waals surface area (Å²) in [5, 5.41) is 9.11. The predicted octanol–water partition coefficient (Wildman–Crippen LogP) is 4.72. The van der Waals surface area contributed by atoms with E-state index in [4.69, 9.17) is 16.3 Å². The Hall–Kier alpha value is -3.38. The summed E-state index contributed by atoms with van der Waals surface area (Å²) >= 11 is 5.91. The summed E-state index contributed by atoms with van der Waals surface area (Å²) in [6, 6.07) is 19.5. The third kappa shape index (κ3) is 4.75. The van der Waals surface area contributed by atoms with Crippen molar-refractivity contribution in [2.45, 2.75) is 26.4 Å². The van der Waals surface area contributed by atoms with E-state index in [2.05, 4.69) is 15.4 Å². The van der Waals surface area contributed by atoms with Gasteiger partial charge in [-0.15, -0.1) is 0 Å².